The van der Waals surface area contributed by atoms with Crippen LogP contribution in [0.2, 0.25) is 0 Å². The number of carbonyl (C=O) groups excluding carboxylic acids is 3. The summed E-state index contributed by atoms with van der Waals surface area (Å²) in [6, 6.07) is 7.47. The maximum atomic E-state index is 11.9. The van der Waals surface area contributed by atoms with Gasteiger partial charge in [-0.15, -0.1) is 0 Å². The second-order valence-corrected chi connectivity index (χ2v) is 6.50. The van der Waals surface area contributed by atoms with Gasteiger partial charge in [0.15, 0.2) is 0 Å². The Morgan fingerprint density at radius 2 is 1.76 bits per heavy atom. The van der Waals surface area contributed by atoms with E-state index >= 15 is 0 Å². The average Bonchev–Trinajstić information content (AvgIpc) is 2.61. The van der Waals surface area contributed by atoms with Crippen LogP contribution in [0.4, 0.5) is 16.2 Å². The molecule has 7 nitrogen and oxygen atoms in total. The van der Waals surface area contributed by atoms with Crippen molar-refractivity contribution in [3.05, 3.63) is 24.3 Å². The standard InChI is InChI=1S/C18H23N3O4/c1-13(22)25-12-14-6-9-20(10-7-14)15-2-4-16(5-3-15)21-11-8-17(23)19-18(21)24/h2-5,14H,6-12H2,1H3,(H,19,23,24). The Kier molecular flexibility index (Phi) is 5.21. The van der Waals surface area contributed by atoms with Gasteiger partial charge in [0.1, 0.15) is 0 Å². The number of amides is 3. The molecule has 1 aromatic carbocycles. The highest BCUT2D eigenvalue weighted by Crippen LogP contribution is 2.26. The molecule has 0 radical (unpaired) electrons. The molecule has 2 saturated heterocycles. The van der Waals surface area contributed by atoms with Crippen LogP contribution in [0.25, 0.3) is 0 Å². The van der Waals surface area contributed by atoms with Crippen molar-refractivity contribution >= 4 is 29.3 Å². The lowest BCUT2D eigenvalue weighted by atomic mass is 9.97. The molecule has 0 bridgehead atoms. The number of hydrogen-bond donors (Lipinski definition) is 1. The third-order valence-corrected chi connectivity index (χ3v) is 4.72. The summed E-state index contributed by atoms with van der Waals surface area (Å²) < 4.78 is 5.10. The number of nitrogens with one attached hydrogen (secondary N) is 1. The molecule has 0 aromatic heterocycles. The summed E-state index contributed by atoms with van der Waals surface area (Å²) in [5, 5.41) is 2.33. The zero-order valence-electron chi connectivity index (χ0n) is 14.4. The van der Waals surface area contributed by atoms with Crippen LogP contribution in [0.1, 0.15) is 26.2 Å². The molecule has 0 spiro atoms. The topological polar surface area (TPSA) is 79.0 Å². The van der Waals surface area contributed by atoms with Gasteiger partial charge in [-0.1, -0.05) is 0 Å². The lowest BCUT2D eigenvalue weighted by molar-refractivity contribution is -0.142. The second-order valence-electron chi connectivity index (χ2n) is 6.50. The van der Waals surface area contributed by atoms with Crippen molar-refractivity contribution in [2.24, 2.45) is 5.92 Å². The SMILES string of the molecule is CC(=O)OCC1CCN(c2ccc(N3CCC(=O)NC3=O)cc2)CC1. The van der Waals surface area contributed by atoms with Crippen LogP contribution in [0, 0.1) is 5.92 Å². The number of anilines is 2. The molecule has 7 heteroatoms. The summed E-state index contributed by atoms with van der Waals surface area (Å²) in [6.07, 6.45) is 2.31. The number of ether oxygens (including phenoxy) is 1. The fraction of sp³-hybridized carbons (Fsp3) is 0.500. The van der Waals surface area contributed by atoms with Gasteiger partial charge in [0.2, 0.25) is 5.91 Å². The average molecular weight is 345 g/mol. The van der Waals surface area contributed by atoms with Gasteiger partial charge in [0.05, 0.1) is 6.61 Å². The third kappa shape index (κ3) is 4.29. The fourth-order valence-corrected chi connectivity index (χ4v) is 3.25. The molecular formula is C18H23N3O4. The predicted octanol–water partition coefficient (Wildman–Crippen LogP) is 1.91. The number of imide groups is 1. The van der Waals surface area contributed by atoms with E-state index in [0.717, 1.165) is 37.3 Å². The fourth-order valence-electron chi connectivity index (χ4n) is 3.25. The summed E-state index contributed by atoms with van der Waals surface area (Å²) in [6.45, 7) is 4.19. The smallest absolute Gasteiger partial charge is 0.328 e. The van der Waals surface area contributed by atoms with Crippen LogP contribution in [0.5, 0.6) is 0 Å². The number of hydrogen-bond acceptors (Lipinski definition) is 5. The Labute approximate surface area is 146 Å². The molecule has 0 saturated carbocycles. The van der Waals surface area contributed by atoms with Gasteiger partial charge in [-0.05, 0) is 43.0 Å². The molecule has 1 aromatic rings. The first-order chi connectivity index (χ1) is 12.0. The van der Waals surface area contributed by atoms with Crippen LogP contribution in [0.15, 0.2) is 24.3 Å². The Bertz CT molecular complexity index is 651. The highest BCUT2D eigenvalue weighted by atomic mass is 16.5. The summed E-state index contributed by atoms with van der Waals surface area (Å²) in [4.78, 5) is 37.9. The van der Waals surface area contributed by atoms with E-state index in [1.807, 2.05) is 24.3 Å². The normalized spacial score (nSPS) is 18.9. The Hall–Kier alpha value is -2.57. The lowest BCUT2D eigenvalue weighted by Gasteiger charge is -2.33. The summed E-state index contributed by atoms with van der Waals surface area (Å²) in [7, 11) is 0. The largest absolute Gasteiger partial charge is 0.466 e. The van der Waals surface area contributed by atoms with Crippen molar-refractivity contribution in [1.29, 1.82) is 0 Å². The van der Waals surface area contributed by atoms with Gasteiger partial charge in [-0.3, -0.25) is 19.8 Å². The van der Waals surface area contributed by atoms with Crippen LogP contribution in [-0.2, 0) is 14.3 Å². The highest BCUT2D eigenvalue weighted by Gasteiger charge is 2.25. The molecule has 3 rings (SSSR count). The maximum Gasteiger partial charge on any atom is 0.328 e. The molecule has 2 heterocycles. The van der Waals surface area contributed by atoms with Gasteiger partial charge < -0.3 is 9.64 Å². The molecule has 134 valence electrons. The molecular weight excluding hydrogens is 322 g/mol. The minimum absolute atomic E-state index is 0.221. The molecule has 1 N–H and O–H groups in total. The van der Waals surface area contributed by atoms with Crippen molar-refractivity contribution in [2.75, 3.05) is 36.0 Å². The monoisotopic (exact) mass is 345 g/mol. The van der Waals surface area contributed by atoms with Gasteiger partial charge in [-0.2, -0.15) is 0 Å². The van der Waals surface area contributed by atoms with Crippen LogP contribution >= 0.6 is 0 Å². The molecule has 0 aliphatic carbocycles. The van der Waals surface area contributed by atoms with Crippen LogP contribution in [0.3, 0.4) is 0 Å². The van der Waals surface area contributed by atoms with E-state index in [-0.39, 0.29) is 17.9 Å². The summed E-state index contributed by atoms with van der Waals surface area (Å²) in [5.74, 6) is -0.0232. The molecule has 2 aliphatic rings. The predicted molar refractivity (Wildman–Crippen MR) is 93.5 cm³/mol. The molecule has 2 aliphatic heterocycles. The number of nitrogens with zero attached hydrogens (tertiary/aromatic N) is 2. The van der Waals surface area contributed by atoms with Crippen molar-refractivity contribution in [3.8, 4) is 0 Å². The van der Waals surface area contributed by atoms with Gasteiger partial charge in [-0.25, -0.2) is 4.79 Å². The summed E-state index contributed by atoms with van der Waals surface area (Å²) >= 11 is 0. The first kappa shape index (κ1) is 17.3. The first-order valence-corrected chi connectivity index (χ1v) is 8.62. The van der Waals surface area contributed by atoms with Crippen molar-refractivity contribution < 1.29 is 19.1 Å². The highest BCUT2D eigenvalue weighted by molar-refractivity contribution is 6.05. The number of rotatable bonds is 4. The number of piperidine rings is 1. The van der Waals surface area contributed by atoms with Gasteiger partial charge in [0.25, 0.3) is 0 Å². The zero-order valence-corrected chi connectivity index (χ0v) is 14.4. The van der Waals surface area contributed by atoms with E-state index < -0.39 is 0 Å². The van der Waals surface area contributed by atoms with Gasteiger partial charge >= 0.3 is 12.0 Å². The first-order valence-electron chi connectivity index (χ1n) is 8.62. The number of urea groups is 1. The van der Waals surface area contributed by atoms with E-state index in [1.165, 1.54) is 6.92 Å². The number of carbonyl (C=O) groups is 3. The van der Waals surface area contributed by atoms with E-state index in [2.05, 4.69) is 10.2 Å². The number of esters is 1. The minimum atomic E-state index is -0.365. The van der Waals surface area contributed by atoms with Crippen molar-refractivity contribution in [3.63, 3.8) is 0 Å². The third-order valence-electron chi connectivity index (χ3n) is 4.72. The zero-order chi connectivity index (χ0) is 17.8. The second kappa shape index (κ2) is 7.55. The molecule has 0 atom stereocenters. The minimum Gasteiger partial charge on any atom is -0.466 e. The quantitative estimate of drug-likeness (QED) is 0.844. The van der Waals surface area contributed by atoms with Crippen LogP contribution < -0.4 is 15.1 Å². The van der Waals surface area contributed by atoms with Gasteiger partial charge in [0, 0.05) is 44.4 Å². The molecule has 2 fully saturated rings. The molecule has 0 unspecified atom stereocenters. The van der Waals surface area contributed by atoms with E-state index in [4.69, 9.17) is 4.74 Å². The maximum absolute atomic E-state index is 11.9. The number of benzene rings is 1. The van der Waals surface area contributed by atoms with Crippen LogP contribution in [-0.4, -0.2) is 44.1 Å². The molecule has 3 amide bonds. The van der Waals surface area contributed by atoms with Crippen molar-refractivity contribution in [1.82, 2.24) is 5.32 Å². The van der Waals surface area contributed by atoms with E-state index in [0.29, 0.717) is 25.5 Å². The van der Waals surface area contributed by atoms with E-state index in [1.54, 1.807) is 4.90 Å². The Balaban J connectivity index is 1.55. The Morgan fingerprint density at radius 3 is 2.36 bits per heavy atom. The lowest BCUT2D eigenvalue weighted by Crippen LogP contribution is -2.49. The van der Waals surface area contributed by atoms with E-state index in [9.17, 15) is 14.4 Å². The molecule has 25 heavy (non-hydrogen) atoms. The Morgan fingerprint density at radius 1 is 1.12 bits per heavy atom. The van der Waals surface area contributed by atoms with Crippen molar-refractivity contribution in [2.45, 2.75) is 26.2 Å². The summed E-state index contributed by atoms with van der Waals surface area (Å²) in [5.41, 5.74) is 1.90.